The number of hydrogen-bond acceptors (Lipinski definition) is 5. The molecule has 0 saturated carbocycles. The van der Waals surface area contributed by atoms with Crippen molar-refractivity contribution in [1.82, 2.24) is 4.72 Å². The first-order valence-corrected chi connectivity index (χ1v) is 8.03. The van der Waals surface area contributed by atoms with E-state index in [1.54, 1.807) is 19.1 Å². The second-order valence-corrected chi connectivity index (χ2v) is 6.80. The maximum absolute atomic E-state index is 12.2. The summed E-state index contributed by atoms with van der Waals surface area (Å²) in [6.45, 7) is 1.58. The van der Waals surface area contributed by atoms with Crippen LogP contribution in [0.5, 0.6) is 0 Å². The lowest BCUT2D eigenvalue weighted by Crippen LogP contribution is -2.42. The van der Waals surface area contributed by atoms with E-state index in [0.717, 1.165) is 7.11 Å². The number of aliphatic carboxylic acids is 1. The van der Waals surface area contributed by atoms with E-state index in [4.69, 9.17) is 5.11 Å². The first kappa shape index (κ1) is 17.6. The largest absolute Gasteiger partial charge is 0.480 e. The number of aryl methyl sites for hydroxylation is 1. The first-order chi connectivity index (χ1) is 9.67. The number of sulfonamides is 1. The summed E-state index contributed by atoms with van der Waals surface area (Å²) in [6, 6.07) is 3.00. The van der Waals surface area contributed by atoms with Crippen LogP contribution in [0, 0.1) is 6.92 Å². The van der Waals surface area contributed by atoms with E-state index in [1.165, 1.54) is 6.07 Å². The van der Waals surface area contributed by atoms with Gasteiger partial charge in [0.15, 0.2) is 0 Å². The molecule has 0 aliphatic heterocycles. The van der Waals surface area contributed by atoms with E-state index < -0.39 is 34.4 Å². The van der Waals surface area contributed by atoms with Gasteiger partial charge in [-0.15, -0.1) is 0 Å². The normalized spacial score (nSPS) is 12.7. The number of nitrogens with one attached hydrogen (secondary N) is 1. The predicted octanol–water partition coefficient (Wildman–Crippen LogP) is 1.05. The highest BCUT2D eigenvalue weighted by Crippen LogP contribution is 2.21. The number of carboxylic acids is 1. The van der Waals surface area contributed by atoms with Crippen LogP contribution >= 0.6 is 15.9 Å². The van der Waals surface area contributed by atoms with Crippen LogP contribution in [0.4, 0.5) is 0 Å². The highest BCUT2D eigenvalue weighted by molar-refractivity contribution is 9.10. The highest BCUT2D eigenvalue weighted by atomic mass is 79.9. The van der Waals surface area contributed by atoms with Gasteiger partial charge >= 0.3 is 11.9 Å². The van der Waals surface area contributed by atoms with E-state index in [-0.39, 0.29) is 4.90 Å². The van der Waals surface area contributed by atoms with Gasteiger partial charge in [0.1, 0.15) is 6.04 Å². The number of halogens is 1. The number of carboxylic acid groups (broad SMARTS) is 1. The lowest BCUT2D eigenvalue weighted by Gasteiger charge is -2.15. The van der Waals surface area contributed by atoms with Crippen molar-refractivity contribution in [3.05, 3.63) is 28.2 Å². The number of carbonyl (C=O) groups is 2. The summed E-state index contributed by atoms with van der Waals surface area (Å²) in [4.78, 5) is 22.1. The van der Waals surface area contributed by atoms with Crippen molar-refractivity contribution in [1.29, 1.82) is 0 Å². The molecule has 21 heavy (non-hydrogen) atoms. The average molecular weight is 380 g/mol. The molecule has 0 unspecified atom stereocenters. The molecule has 9 heteroatoms. The zero-order chi connectivity index (χ0) is 16.2. The van der Waals surface area contributed by atoms with Crippen LogP contribution in [-0.2, 0) is 24.3 Å². The molecule has 0 fully saturated rings. The summed E-state index contributed by atoms with van der Waals surface area (Å²) in [6.07, 6.45) is -0.599. The van der Waals surface area contributed by atoms with E-state index in [0.29, 0.717) is 10.0 Å². The van der Waals surface area contributed by atoms with Crippen molar-refractivity contribution < 1.29 is 27.9 Å². The van der Waals surface area contributed by atoms with E-state index >= 15 is 0 Å². The number of hydrogen-bond donors (Lipinski definition) is 2. The maximum Gasteiger partial charge on any atom is 0.322 e. The van der Waals surface area contributed by atoms with Gasteiger partial charge < -0.3 is 9.84 Å². The molecular formula is C12H14BrNO6S. The number of rotatable bonds is 6. The molecule has 1 atom stereocenters. The fourth-order valence-electron chi connectivity index (χ4n) is 1.54. The summed E-state index contributed by atoms with van der Waals surface area (Å²) in [5.74, 6) is -2.28. The molecule has 0 amide bonds. The summed E-state index contributed by atoms with van der Waals surface area (Å²) in [7, 11) is -2.99. The number of ether oxygens (including phenoxy) is 1. The molecule has 0 aliphatic carbocycles. The lowest BCUT2D eigenvalue weighted by atomic mass is 10.2. The molecule has 0 bridgehead atoms. The van der Waals surface area contributed by atoms with E-state index in [1.807, 2.05) is 4.72 Å². The minimum Gasteiger partial charge on any atom is -0.480 e. The van der Waals surface area contributed by atoms with Crippen molar-refractivity contribution in [3.8, 4) is 0 Å². The topological polar surface area (TPSA) is 110 Å². The first-order valence-electron chi connectivity index (χ1n) is 5.75. The molecule has 1 rings (SSSR count). The number of esters is 1. The van der Waals surface area contributed by atoms with Crippen LogP contribution < -0.4 is 4.72 Å². The minimum atomic E-state index is -4.08. The SMILES string of the molecule is COC(=O)C[C@H](NS(=O)(=O)c1cc(Br)ccc1C)C(=O)O. The molecule has 0 aliphatic rings. The molecule has 1 aromatic rings. The highest BCUT2D eigenvalue weighted by Gasteiger charge is 2.28. The van der Waals surface area contributed by atoms with Gasteiger partial charge in [-0.2, -0.15) is 4.72 Å². The Morgan fingerprint density at radius 2 is 2.05 bits per heavy atom. The Labute approximate surface area is 130 Å². The Bertz CT molecular complexity index is 658. The van der Waals surface area contributed by atoms with Crippen LogP contribution in [0.2, 0.25) is 0 Å². The van der Waals surface area contributed by atoms with Crippen molar-refractivity contribution >= 4 is 37.9 Å². The van der Waals surface area contributed by atoms with Crippen LogP contribution in [0.3, 0.4) is 0 Å². The Morgan fingerprint density at radius 3 is 2.57 bits per heavy atom. The van der Waals surface area contributed by atoms with Crippen molar-refractivity contribution in [2.45, 2.75) is 24.3 Å². The van der Waals surface area contributed by atoms with Gasteiger partial charge in [-0.05, 0) is 24.6 Å². The van der Waals surface area contributed by atoms with Crippen molar-refractivity contribution in [2.24, 2.45) is 0 Å². The Hall–Kier alpha value is -1.45. The standard InChI is InChI=1S/C12H14BrNO6S/c1-7-3-4-8(13)5-10(7)21(18,19)14-9(12(16)17)6-11(15)20-2/h3-5,9,14H,6H2,1-2H3,(H,16,17)/t9-/m0/s1. The van der Waals surface area contributed by atoms with Gasteiger partial charge in [-0.3, -0.25) is 9.59 Å². The number of carbonyl (C=O) groups excluding carboxylic acids is 1. The second-order valence-electron chi connectivity index (χ2n) is 4.20. The zero-order valence-corrected chi connectivity index (χ0v) is 13.7. The van der Waals surface area contributed by atoms with Crippen LogP contribution in [0.1, 0.15) is 12.0 Å². The molecular weight excluding hydrogens is 366 g/mol. The van der Waals surface area contributed by atoms with Crippen molar-refractivity contribution in [2.75, 3.05) is 7.11 Å². The quantitative estimate of drug-likeness (QED) is 0.714. The fourth-order valence-corrected chi connectivity index (χ4v) is 3.52. The molecule has 7 nitrogen and oxygen atoms in total. The molecule has 1 aromatic carbocycles. The molecule has 0 spiro atoms. The van der Waals surface area contributed by atoms with E-state index in [9.17, 15) is 18.0 Å². The molecule has 116 valence electrons. The van der Waals surface area contributed by atoms with Gasteiger partial charge in [-0.25, -0.2) is 8.42 Å². The van der Waals surface area contributed by atoms with Gasteiger partial charge in [0.05, 0.1) is 18.4 Å². The average Bonchev–Trinajstić information content (AvgIpc) is 2.40. The van der Waals surface area contributed by atoms with Crippen LogP contribution in [0.25, 0.3) is 0 Å². The fraction of sp³-hybridized carbons (Fsp3) is 0.333. The monoisotopic (exact) mass is 379 g/mol. The third-order valence-corrected chi connectivity index (χ3v) is 4.74. The van der Waals surface area contributed by atoms with E-state index in [2.05, 4.69) is 20.7 Å². The molecule has 0 saturated heterocycles. The number of methoxy groups -OCH3 is 1. The smallest absolute Gasteiger partial charge is 0.322 e. The summed E-state index contributed by atoms with van der Waals surface area (Å²) >= 11 is 3.15. The Kier molecular flexibility index (Phi) is 5.87. The molecule has 0 radical (unpaired) electrons. The third-order valence-electron chi connectivity index (χ3n) is 2.63. The second kappa shape index (κ2) is 7.01. The van der Waals surface area contributed by atoms with Gasteiger partial charge in [0.25, 0.3) is 0 Å². The van der Waals surface area contributed by atoms with Gasteiger partial charge in [-0.1, -0.05) is 22.0 Å². The third kappa shape index (κ3) is 4.80. The Balaban J connectivity index is 3.09. The summed E-state index contributed by atoms with van der Waals surface area (Å²) in [5, 5.41) is 9.01. The van der Waals surface area contributed by atoms with Crippen LogP contribution in [0.15, 0.2) is 27.6 Å². The summed E-state index contributed by atoms with van der Waals surface area (Å²) < 4.78 is 31.4. The van der Waals surface area contributed by atoms with Gasteiger partial charge in [0, 0.05) is 4.47 Å². The molecule has 0 heterocycles. The predicted molar refractivity (Wildman–Crippen MR) is 77.3 cm³/mol. The number of benzene rings is 1. The lowest BCUT2D eigenvalue weighted by molar-refractivity contribution is -0.147. The van der Waals surface area contributed by atoms with Crippen LogP contribution in [-0.4, -0.2) is 38.6 Å². The maximum atomic E-state index is 12.2. The minimum absolute atomic E-state index is 0.0620. The Morgan fingerprint density at radius 1 is 1.43 bits per heavy atom. The molecule has 0 aromatic heterocycles. The van der Waals surface area contributed by atoms with Gasteiger partial charge in [0.2, 0.25) is 10.0 Å². The zero-order valence-electron chi connectivity index (χ0n) is 11.3. The van der Waals surface area contributed by atoms with Crippen molar-refractivity contribution in [3.63, 3.8) is 0 Å². The summed E-state index contributed by atoms with van der Waals surface area (Å²) in [5.41, 5.74) is 0.452. The molecule has 2 N–H and O–H groups in total.